The highest BCUT2D eigenvalue weighted by Gasteiger charge is 2.19. The van der Waals surface area contributed by atoms with Crippen LogP contribution in [0.3, 0.4) is 0 Å². The monoisotopic (exact) mass is 367 g/mol. The summed E-state index contributed by atoms with van der Waals surface area (Å²) < 4.78 is 7.33. The van der Waals surface area contributed by atoms with Gasteiger partial charge in [-0.1, -0.05) is 12.1 Å². The number of rotatable bonds is 6. The predicted octanol–water partition coefficient (Wildman–Crippen LogP) is 1.65. The summed E-state index contributed by atoms with van der Waals surface area (Å²) in [5, 5.41) is 7.40. The van der Waals surface area contributed by atoms with E-state index in [9.17, 15) is 4.79 Å². The van der Waals surface area contributed by atoms with Gasteiger partial charge in [-0.2, -0.15) is 5.10 Å². The Morgan fingerprint density at radius 1 is 1.37 bits per heavy atom. The van der Waals surface area contributed by atoms with Gasteiger partial charge in [-0.25, -0.2) is 9.67 Å². The van der Waals surface area contributed by atoms with Crippen LogP contribution in [-0.2, 0) is 9.53 Å². The van der Waals surface area contributed by atoms with Crippen LogP contribution in [0.15, 0.2) is 42.9 Å². The van der Waals surface area contributed by atoms with Gasteiger partial charge in [0.25, 0.3) is 0 Å². The molecule has 2 aromatic rings. The van der Waals surface area contributed by atoms with Gasteiger partial charge in [0.05, 0.1) is 18.8 Å². The maximum absolute atomic E-state index is 12.1. The second kappa shape index (κ2) is 8.45. The van der Waals surface area contributed by atoms with Crippen LogP contribution in [0.1, 0.15) is 24.8 Å². The van der Waals surface area contributed by atoms with Gasteiger partial charge < -0.3 is 10.1 Å². The van der Waals surface area contributed by atoms with Crippen molar-refractivity contribution in [3.63, 3.8) is 0 Å². The summed E-state index contributed by atoms with van der Waals surface area (Å²) in [6.45, 7) is 3.52. The van der Waals surface area contributed by atoms with E-state index in [4.69, 9.17) is 4.74 Å². The molecule has 1 saturated heterocycles. The van der Waals surface area contributed by atoms with E-state index in [0.29, 0.717) is 13.1 Å². The molecule has 0 bridgehead atoms. The Morgan fingerprint density at radius 2 is 2.33 bits per heavy atom. The summed E-state index contributed by atoms with van der Waals surface area (Å²) in [4.78, 5) is 18.6. The molecule has 4 heterocycles. The molecular weight excluding hydrogens is 342 g/mol. The van der Waals surface area contributed by atoms with Gasteiger partial charge in [0.15, 0.2) is 5.82 Å². The lowest BCUT2D eigenvalue weighted by Gasteiger charge is -2.25. The van der Waals surface area contributed by atoms with Crippen LogP contribution in [0.5, 0.6) is 0 Å². The Balaban J connectivity index is 1.28. The van der Waals surface area contributed by atoms with Crippen molar-refractivity contribution in [2.75, 3.05) is 32.8 Å². The van der Waals surface area contributed by atoms with E-state index in [2.05, 4.69) is 26.4 Å². The average Bonchev–Trinajstić information content (AvgIpc) is 3.40. The number of carbonyl (C=O) groups excluding carboxylic acids is 1. The molecule has 4 rings (SSSR count). The summed E-state index contributed by atoms with van der Waals surface area (Å²) in [7, 11) is 0. The molecule has 1 amide bonds. The van der Waals surface area contributed by atoms with Gasteiger partial charge in [-0.05, 0) is 37.0 Å². The first-order valence-corrected chi connectivity index (χ1v) is 9.54. The van der Waals surface area contributed by atoms with Crippen molar-refractivity contribution in [3.05, 3.63) is 48.4 Å². The van der Waals surface area contributed by atoms with E-state index < -0.39 is 0 Å². The summed E-state index contributed by atoms with van der Waals surface area (Å²) in [5.74, 6) is 0.884. The average molecular weight is 367 g/mol. The molecule has 1 unspecified atom stereocenters. The molecule has 0 radical (unpaired) electrons. The van der Waals surface area contributed by atoms with Crippen molar-refractivity contribution in [2.24, 2.45) is 0 Å². The normalized spacial score (nSPS) is 20.4. The first-order valence-electron chi connectivity index (χ1n) is 9.54. The first kappa shape index (κ1) is 17.9. The van der Waals surface area contributed by atoms with Crippen LogP contribution < -0.4 is 5.32 Å². The van der Waals surface area contributed by atoms with E-state index in [1.54, 1.807) is 10.9 Å². The Morgan fingerprint density at radius 3 is 3.07 bits per heavy atom. The summed E-state index contributed by atoms with van der Waals surface area (Å²) in [6.07, 6.45) is 11.1. The minimum absolute atomic E-state index is 0.0744. The van der Waals surface area contributed by atoms with E-state index in [1.807, 2.05) is 30.6 Å². The summed E-state index contributed by atoms with van der Waals surface area (Å²) >= 11 is 0. The third-order valence-electron chi connectivity index (χ3n) is 5.05. The van der Waals surface area contributed by atoms with Crippen molar-refractivity contribution in [1.29, 1.82) is 0 Å². The lowest BCUT2D eigenvalue weighted by molar-refractivity contribution is -0.122. The third kappa shape index (κ3) is 4.61. The molecule has 2 aliphatic rings. The second-order valence-corrected chi connectivity index (χ2v) is 7.02. The molecule has 142 valence electrons. The number of carbonyl (C=O) groups is 1. The Labute approximate surface area is 159 Å². The number of amides is 1. The predicted molar refractivity (Wildman–Crippen MR) is 102 cm³/mol. The van der Waals surface area contributed by atoms with Crippen molar-refractivity contribution < 1.29 is 9.53 Å². The maximum atomic E-state index is 12.1. The van der Waals surface area contributed by atoms with Gasteiger partial charge in [0.1, 0.15) is 0 Å². The van der Waals surface area contributed by atoms with E-state index in [0.717, 1.165) is 50.3 Å². The number of pyridine rings is 1. The van der Waals surface area contributed by atoms with Crippen LogP contribution in [0, 0.1) is 0 Å². The molecule has 7 nitrogen and oxygen atoms in total. The fourth-order valence-corrected chi connectivity index (χ4v) is 3.51. The number of hydrogen-bond acceptors (Lipinski definition) is 5. The van der Waals surface area contributed by atoms with Crippen molar-refractivity contribution >= 4 is 11.5 Å². The minimum atomic E-state index is 0.0744. The van der Waals surface area contributed by atoms with Gasteiger partial charge in [0, 0.05) is 44.2 Å². The molecule has 7 heteroatoms. The largest absolute Gasteiger partial charge is 0.376 e. The van der Waals surface area contributed by atoms with Gasteiger partial charge in [-0.15, -0.1) is 0 Å². The third-order valence-corrected chi connectivity index (χ3v) is 5.05. The maximum Gasteiger partial charge on any atom is 0.234 e. The number of aromatic nitrogens is 3. The molecule has 1 N–H and O–H groups in total. The molecule has 0 saturated carbocycles. The zero-order valence-electron chi connectivity index (χ0n) is 15.4. The van der Waals surface area contributed by atoms with Gasteiger partial charge >= 0.3 is 0 Å². The highest BCUT2D eigenvalue weighted by molar-refractivity contribution is 5.78. The highest BCUT2D eigenvalue weighted by Crippen LogP contribution is 2.22. The Kier molecular flexibility index (Phi) is 5.60. The zero-order valence-corrected chi connectivity index (χ0v) is 15.4. The summed E-state index contributed by atoms with van der Waals surface area (Å²) in [5.41, 5.74) is 2.39. The van der Waals surface area contributed by atoms with Crippen LogP contribution >= 0.6 is 0 Å². The lowest BCUT2D eigenvalue weighted by atomic mass is 10.0. The molecule has 0 aromatic carbocycles. The molecule has 1 fully saturated rings. The van der Waals surface area contributed by atoms with E-state index >= 15 is 0 Å². The molecular formula is C20H25N5O2. The SMILES string of the molecule is O=C(CN1CC=C(c2cnn(-c3ccccn3)c2)CC1)NCC1CCCO1. The molecule has 2 aromatic heterocycles. The highest BCUT2D eigenvalue weighted by atomic mass is 16.5. The van der Waals surface area contributed by atoms with Crippen LogP contribution in [-0.4, -0.2) is 64.5 Å². The smallest absolute Gasteiger partial charge is 0.234 e. The standard InChI is InChI=1S/C20H25N5O2/c26-20(22-13-18-4-3-11-27-18)15-24-9-6-16(7-10-24)17-12-23-25(14-17)19-5-1-2-8-21-19/h1-2,5-6,8,12,14,18H,3-4,7,9-11,13,15H2,(H,22,26). The van der Waals surface area contributed by atoms with Crippen molar-refractivity contribution in [3.8, 4) is 5.82 Å². The Bertz CT molecular complexity index is 796. The van der Waals surface area contributed by atoms with E-state index in [1.165, 1.54) is 5.57 Å². The molecule has 0 spiro atoms. The van der Waals surface area contributed by atoms with Crippen molar-refractivity contribution in [1.82, 2.24) is 25.0 Å². The molecule has 27 heavy (non-hydrogen) atoms. The topological polar surface area (TPSA) is 72.3 Å². The van der Waals surface area contributed by atoms with Crippen LogP contribution in [0.25, 0.3) is 11.4 Å². The number of ether oxygens (including phenoxy) is 1. The molecule has 2 aliphatic heterocycles. The van der Waals surface area contributed by atoms with Crippen molar-refractivity contribution in [2.45, 2.75) is 25.4 Å². The molecule has 0 aliphatic carbocycles. The number of hydrogen-bond donors (Lipinski definition) is 1. The number of nitrogens with one attached hydrogen (secondary N) is 1. The van der Waals surface area contributed by atoms with Crippen LogP contribution in [0.2, 0.25) is 0 Å². The quantitative estimate of drug-likeness (QED) is 0.841. The second-order valence-electron chi connectivity index (χ2n) is 7.02. The molecule has 1 atom stereocenters. The first-order chi connectivity index (χ1) is 13.3. The van der Waals surface area contributed by atoms with Gasteiger partial charge in [0.2, 0.25) is 5.91 Å². The van der Waals surface area contributed by atoms with Crippen LogP contribution in [0.4, 0.5) is 0 Å². The number of nitrogens with zero attached hydrogens (tertiary/aromatic N) is 4. The fourth-order valence-electron chi connectivity index (χ4n) is 3.51. The zero-order chi connectivity index (χ0) is 18.5. The minimum Gasteiger partial charge on any atom is -0.376 e. The van der Waals surface area contributed by atoms with Gasteiger partial charge in [-0.3, -0.25) is 9.69 Å². The lowest BCUT2D eigenvalue weighted by Crippen LogP contribution is -2.41. The Hall–Kier alpha value is -2.51. The van der Waals surface area contributed by atoms with E-state index in [-0.39, 0.29) is 12.0 Å². The fraction of sp³-hybridized carbons (Fsp3) is 0.450. The summed E-state index contributed by atoms with van der Waals surface area (Å²) in [6, 6.07) is 5.78.